The highest BCUT2D eigenvalue weighted by Gasteiger charge is 2.19. The van der Waals surface area contributed by atoms with Crippen LogP contribution in [-0.2, 0) is 6.54 Å². The summed E-state index contributed by atoms with van der Waals surface area (Å²) in [6.07, 6.45) is 0. The standard InChI is InChI=1S/C20H24N6O2S/c1-13(2)11-25-20(21-23-24-25)29-12-18(27)17-10-14(3)26(15(17)4)22-19(28)16-8-6-5-7-9-16/h5-10,13H,11-12H2,1-4H3,(H,22,28). The quantitative estimate of drug-likeness (QED) is 0.451. The molecule has 0 saturated carbocycles. The zero-order valence-corrected chi connectivity index (χ0v) is 17.7. The summed E-state index contributed by atoms with van der Waals surface area (Å²) in [6, 6.07) is 10.8. The first-order valence-corrected chi connectivity index (χ1v) is 10.3. The van der Waals surface area contributed by atoms with Gasteiger partial charge in [-0.3, -0.25) is 19.7 Å². The van der Waals surface area contributed by atoms with Crippen LogP contribution in [0.4, 0.5) is 0 Å². The van der Waals surface area contributed by atoms with E-state index in [2.05, 4.69) is 34.8 Å². The van der Waals surface area contributed by atoms with E-state index in [1.54, 1.807) is 27.6 Å². The minimum absolute atomic E-state index is 0.0394. The fraction of sp³-hybridized carbons (Fsp3) is 0.350. The first kappa shape index (κ1) is 20.8. The molecule has 0 aliphatic rings. The van der Waals surface area contributed by atoms with Gasteiger partial charge < -0.3 is 0 Å². The van der Waals surface area contributed by atoms with Gasteiger partial charge in [-0.1, -0.05) is 43.8 Å². The van der Waals surface area contributed by atoms with Crippen LogP contribution >= 0.6 is 11.8 Å². The van der Waals surface area contributed by atoms with Crippen molar-refractivity contribution in [2.45, 2.75) is 39.4 Å². The van der Waals surface area contributed by atoms with E-state index in [-0.39, 0.29) is 17.4 Å². The van der Waals surface area contributed by atoms with E-state index < -0.39 is 0 Å². The Morgan fingerprint density at radius 1 is 1.17 bits per heavy atom. The molecule has 2 heterocycles. The first-order chi connectivity index (χ1) is 13.9. The Morgan fingerprint density at radius 3 is 2.59 bits per heavy atom. The number of nitrogens with zero attached hydrogens (tertiary/aromatic N) is 5. The highest BCUT2D eigenvalue weighted by Crippen LogP contribution is 2.20. The minimum Gasteiger partial charge on any atom is -0.293 e. The van der Waals surface area contributed by atoms with Gasteiger partial charge in [-0.2, -0.15) is 0 Å². The number of thioether (sulfide) groups is 1. The highest BCUT2D eigenvalue weighted by molar-refractivity contribution is 7.99. The molecule has 0 aliphatic heterocycles. The van der Waals surface area contributed by atoms with E-state index >= 15 is 0 Å². The Morgan fingerprint density at radius 2 is 1.90 bits per heavy atom. The van der Waals surface area contributed by atoms with Crippen molar-refractivity contribution < 1.29 is 9.59 Å². The van der Waals surface area contributed by atoms with E-state index in [9.17, 15) is 9.59 Å². The largest absolute Gasteiger partial charge is 0.293 e. The summed E-state index contributed by atoms with van der Waals surface area (Å²) >= 11 is 1.31. The van der Waals surface area contributed by atoms with Gasteiger partial charge in [-0.25, -0.2) is 4.68 Å². The minimum atomic E-state index is -0.228. The van der Waals surface area contributed by atoms with Gasteiger partial charge in [0.2, 0.25) is 5.16 Å². The lowest BCUT2D eigenvalue weighted by molar-refractivity contribution is 0.0999. The molecule has 0 radical (unpaired) electrons. The van der Waals surface area contributed by atoms with Crippen LogP contribution in [0.1, 0.15) is 46.0 Å². The normalized spacial score (nSPS) is 11.1. The Balaban J connectivity index is 1.70. The van der Waals surface area contributed by atoms with Crippen LogP contribution in [0, 0.1) is 19.8 Å². The molecule has 29 heavy (non-hydrogen) atoms. The monoisotopic (exact) mass is 412 g/mol. The molecule has 0 atom stereocenters. The molecular weight excluding hydrogens is 388 g/mol. The van der Waals surface area contributed by atoms with E-state index in [0.717, 1.165) is 5.69 Å². The highest BCUT2D eigenvalue weighted by atomic mass is 32.2. The molecule has 9 heteroatoms. The fourth-order valence-electron chi connectivity index (χ4n) is 2.94. The lowest BCUT2D eigenvalue weighted by Gasteiger charge is -2.11. The molecule has 0 spiro atoms. The van der Waals surface area contributed by atoms with Gasteiger partial charge in [-0.05, 0) is 48.4 Å². The Kier molecular flexibility index (Phi) is 6.48. The van der Waals surface area contributed by atoms with Crippen molar-refractivity contribution in [3.8, 4) is 0 Å². The van der Waals surface area contributed by atoms with E-state index in [4.69, 9.17) is 0 Å². The van der Waals surface area contributed by atoms with Gasteiger partial charge >= 0.3 is 0 Å². The number of hydrogen-bond donors (Lipinski definition) is 1. The number of carbonyl (C=O) groups is 2. The van der Waals surface area contributed by atoms with E-state index in [1.807, 2.05) is 32.0 Å². The number of Topliss-reactive ketones (excluding diaryl/α,β-unsaturated/α-hetero) is 1. The maximum absolute atomic E-state index is 12.8. The second-order valence-corrected chi connectivity index (χ2v) is 8.12. The van der Waals surface area contributed by atoms with Gasteiger partial charge in [0.1, 0.15) is 0 Å². The molecule has 0 bridgehead atoms. The summed E-state index contributed by atoms with van der Waals surface area (Å²) in [5.41, 5.74) is 5.46. The molecule has 0 aliphatic carbocycles. The zero-order chi connectivity index (χ0) is 21.0. The van der Waals surface area contributed by atoms with Crippen molar-refractivity contribution in [3.63, 3.8) is 0 Å². The maximum atomic E-state index is 12.8. The number of amides is 1. The number of tetrazole rings is 1. The lowest BCUT2D eigenvalue weighted by atomic mass is 10.2. The summed E-state index contributed by atoms with van der Waals surface area (Å²) in [4.78, 5) is 25.2. The molecule has 152 valence electrons. The average molecular weight is 413 g/mol. The van der Waals surface area contributed by atoms with Crippen molar-refractivity contribution in [1.82, 2.24) is 24.9 Å². The van der Waals surface area contributed by atoms with Crippen LogP contribution in [0.2, 0.25) is 0 Å². The van der Waals surface area contributed by atoms with Crippen LogP contribution in [0.15, 0.2) is 41.6 Å². The molecule has 1 amide bonds. The molecule has 3 aromatic rings. The zero-order valence-electron chi connectivity index (χ0n) is 16.9. The molecule has 1 aromatic carbocycles. The Bertz CT molecular complexity index is 1010. The second-order valence-electron chi connectivity index (χ2n) is 7.18. The number of carbonyl (C=O) groups excluding carboxylic acids is 2. The van der Waals surface area contributed by atoms with Crippen molar-refractivity contribution >= 4 is 23.5 Å². The van der Waals surface area contributed by atoms with Crippen LogP contribution in [0.25, 0.3) is 0 Å². The van der Waals surface area contributed by atoms with Crippen LogP contribution in [0.3, 0.4) is 0 Å². The smallest absolute Gasteiger partial charge is 0.270 e. The summed E-state index contributed by atoms with van der Waals surface area (Å²) in [6.45, 7) is 8.54. The molecule has 0 fully saturated rings. The maximum Gasteiger partial charge on any atom is 0.270 e. The Hall–Kier alpha value is -2.94. The number of nitrogens with one attached hydrogen (secondary N) is 1. The van der Waals surface area contributed by atoms with Crippen LogP contribution in [-0.4, -0.2) is 42.3 Å². The molecule has 3 rings (SSSR count). The first-order valence-electron chi connectivity index (χ1n) is 9.34. The topological polar surface area (TPSA) is 94.7 Å². The fourth-order valence-corrected chi connectivity index (χ4v) is 3.71. The summed E-state index contributed by atoms with van der Waals surface area (Å²) in [7, 11) is 0. The molecule has 1 N–H and O–H groups in total. The molecule has 0 unspecified atom stereocenters. The molecule has 0 saturated heterocycles. The van der Waals surface area contributed by atoms with Crippen molar-refractivity contribution in [2.75, 3.05) is 11.2 Å². The van der Waals surface area contributed by atoms with Crippen molar-refractivity contribution in [3.05, 3.63) is 58.9 Å². The van der Waals surface area contributed by atoms with Gasteiger partial charge in [-0.15, -0.1) is 5.10 Å². The SMILES string of the molecule is Cc1cc(C(=O)CSc2nnnn2CC(C)C)c(C)n1NC(=O)c1ccccc1. The summed E-state index contributed by atoms with van der Waals surface area (Å²) in [5.74, 6) is 0.354. The number of aryl methyl sites for hydroxylation is 1. The predicted molar refractivity (Wildman–Crippen MR) is 112 cm³/mol. The number of benzene rings is 1. The van der Waals surface area contributed by atoms with Crippen LogP contribution < -0.4 is 5.43 Å². The molecule has 8 nitrogen and oxygen atoms in total. The lowest BCUT2D eigenvalue weighted by Crippen LogP contribution is -2.25. The molecule has 2 aromatic heterocycles. The van der Waals surface area contributed by atoms with Gasteiger partial charge in [0.25, 0.3) is 5.91 Å². The Labute approximate surface area is 173 Å². The third kappa shape index (κ3) is 4.92. The van der Waals surface area contributed by atoms with Gasteiger partial charge in [0.15, 0.2) is 5.78 Å². The molecular formula is C20H24N6O2S. The van der Waals surface area contributed by atoms with Gasteiger partial charge in [0, 0.05) is 29.1 Å². The third-order valence-corrected chi connectivity index (χ3v) is 5.31. The summed E-state index contributed by atoms with van der Waals surface area (Å²) < 4.78 is 3.36. The second kappa shape index (κ2) is 9.04. The van der Waals surface area contributed by atoms with Crippen molar-refractivity contribution in [1.29, 1.82) is 0 Å². The number of aromatic nitrogens is 5. The number of hydrogen-bond acceptors (Lipinski definition) is 6. The van der Waals surface area contributed by atoms with Gasteiger partial charge in [0.05, 0.1) is 5.75 Å². The van der Waals surface area contributed by atoms with Crippen molar-refractivity contribution in [2.24, 2.45) is 5.92 Å². The van der Waals surface area contributed by atoms with E-state index in [0.29, 0.717) is 34.4 Å². The summed E-state index contributed by atoms with van der Waals surface area (Å²) in [5, 5.41) is 12.3. The van der Waals surface area contributed by atoms with Crippen LogP contribution in [0.5, 0.6) is 0 Å². The third-order valence-electron chi connectivity index (χ3n) is 4.35. The van der Waals surface area contributed by atoms with E-state index in [1.165, 1.54) is 11.8 Å². The number of ketones is 1. The average Bonchev–Trinajstić information content (AvgIpc) is 3.25. The predicted octanol–water partition coefficient (Wildman–Crippen LogP) is 3.11. The number of rotatable bonds is 8.